The number of nitrogens with one attached hydrogen (secondary N) is 3. The summed E-state index contributed by atoms with van der Waals surface area (Å²) in [6, 6.07) is 20.4. The number of nitrogens with zero attached hydrogens (tertiary/aromatic N) is 1. The molecule has 32 heavy (non-hydrogen) atoms. The van der Waals surface area contributed by atoms with Gasteiger partial charge in [-0.3, -0.25) is 14.6 Å². The Hall–Kier alpha value is -4.20. The first-order valence-electron chi connectivity index (χ1n) is 10.1. The highest BCUT2D eigenvalue weighted by Gasteiger charge is 2.22. The summed E-state index contributed by atoms with van der Waals surface area (Å²) < 4.78 is 5.14. The van der Waals surface area contributed by atoms with E-state index in [9.17, 15) is 14.4 Å². The number of aromatic nitrogens is 1. The minimum Gasteiger partial charge on any atom is -0.460 e. The first-order chi connectivity index (χ1) is 15.6. The molecule has 1 heterocycles. The Morgan fingerprint density at radius 1 is 0.844 bits per heavy atom. The topological polar surface area (TPSA) is 109 Å². The van der Waals surface area contributed by atoms with E-state index in [1.54, 1.807) is 24.5 Å². The molecule has 8 heteroatoms. The van der Waals surface area contributed by atoms with Gasteiger partial charge in [-0.15, -0.1) is 0 Å². The predicted octanol–water partition coefficient (Wildman–Crippen LogP) is 2.67. The van der Waals surface area contributed by atoms with Gasteiger partial charge in [0.25, 0.3) is 0 Å². The largest absolute Gasteiger partial charge is 0.460 e. The van der Waals surface area contributed by atoms with Crippen LogP contribution >= 0.6 is 0 Å². The van der Waals surface area contributed by atoms with Gasteiger partial charge >= 0.3 is 12.0 Å². The van der Waals surface area contributed by atoms with Crippen molar-refractivity contribution in [1.82, 2.24) is 15.6 Å². The van der Waals surface area contributed by atoms with Gasteiger partial charge < -0.3 is 20.7 Å². The molecule has 8 nitrogen and oxygen atoms in total. The van der Waals surface area contributed by atoms with E-state index in [1.807, 2.05) is 60.7 Å². The number of pyridine rings is 1. The van der Waals surface area contributed by atoms with Crippen LogP contribution in [0.5, 0.6) is 0 Å². The number of hydrogen-bond acceptors (Lipinski definition) is 5. The van der Waals surface area contributed by atoms with Crippen molar-refractivity contribution in [3.63, 3.8) is 0 Å². The van der Waals surface area contributed by atoms with Crippen LogP contribution in [0.4, 0.5) is 10.5 Å². The molecule has 3 rings (SSSR count). The lowest BCUT2D eigenvalue weighted by molar-refractivity contribution is -0.143. The van der Waals surface area contributed by atoms with Crippen LogP contribution in [0.1, 0.15) is 11.1 Å². The number of esters is 1. The molecular formula is C24H24N4O4. The number of hydrogen-bond donors (Lipinski definition) is 3. The van der Waals surface area contributed by atoms with E-state index in [2.05, 4.69) is 20.9 Å². The second kappa shape index (κ2) is 11.8. The van der Waals surface area contributed by atoms with Gasteiger partial charge in [0.15, 0.2) is 0 Å². The Balaban J connectivity index is 1.53. The molecule has 0 saturated heterocycles. The Morgan fingerprint density at radius 2 is 1.47 bits per heavy atom. The minimum atomic E-state index is -0.856. The van der Waals surface area contributed by atoms with Crippen molar-refractivity contribution in [2.75, 3.05) is 11.9 Å². The van der Waals surface area contributed by atoms with E-state index in [1.165, 1.54) is 0 Å². The van der Waals surface area contributed by atoms with Gasteiger partial charge in [-0.1, -0.05) is 60.7 Å². The molecule has 0 fully saturated rings. The number of anilines is 1. The van der Waals surface area contributed by atoms with E-state index in [0.717, 1.165) is 11.1 Å². The summed E-state index contributed by atoms with van der Waals surface area (Å²) >= 11 is 0. The van der Waals surface area contributed by atoms with Gasteiger partial charge in [-0.05, 0) is 23.3 Å². The fraction of sp³-hybridized carbons (Fsp3) is 0.167. The van der Waals surface area contributed by atoms with Crippen molar-refractivity contribution in [2.24, 2.45) is 0 Å². The van der Waals surface area contributed by atoms with E-state index in [0.29, 0.717) is 5.69 Å². The van der Waals surface area contributed by atoms with Crippen LogP contribution in [0.25, 0.3) is 0 Å². The fourth-order valence-corrected chi connectivity index (χ4v) is 2.87. The summed E-state index contributed by atoms with van der Waals surface area (Å²) in [6.45, 7) is -0.198. The van der Waals surface area contributed by atoms with Crippen molar-refractivity contribution in [3.8, 4) is 0 Å². The summed E-state index contributed by atoms with van der Waals surface area (Å²) in [5.41, 5.74) is 2.29. The van der Waals surface area contributed by atoms with Gasteiger partial charge in [0.05, 0.1) is 0 Å². The molecule has 3 aromatic rings. The lowest BCUT2D eigenvalue weighted by atomic mass is 10.1. The van der Waals surface area contributed by atoms with Crippen molar-refractivity contribution in [2.45, 2.75) is 19.1 Å². The van der Waals surface area contributed by atoms with Crippen molar-refractivity contribution < 1.29 is 19.1 Å². The van der Waals surface area contributed by atoms with Crippen LogP contribution in [-0.2, 0) is 27.4 Å². The number of urea groups is 1. The van der Waals surface area contributed by atoms with Crippen LogP contribution in [0.15, 0.2) is 85.2 Å². The van der Waals surface area contributed by atoms with Gasteiger partial charge in [0.2, 0.25) is 5.91 Å². The maximum absolute atomic E-state index is 12.8. The van der Waals surface area contributed by atoms with Crippen LogP contribution in [0.2, 0.25) is 0 Å². The molecule has 1 aromatic heterocycles. The molecule has 0 aliphatic rings. The number of carbonyl (C=O) groups excluding carboxylic acids is 3. The Kier molecular flexibility index (Phi) is 8.33. The molecule has 1 unspecified atom stereocenters. The van der Waals surface area contributed by atoms with Crippen LogP contribution < -0.4 is 16.0 Å². The average Bonchev–Trinajstić information content (AvgIpc) is 2.83. The molecule has 3 N–H and O–H groups in total. The number of ether oxygens (including phenoxy) is 1. The Labute approximate surface area is 186 Å². The SMILES string of the molecule is O=C(NCC(=O)OCc1ccccc1)NC(Cc1ccccc1)C(=O)Nc1ccncc1. The van der Waals surface area contributed by atoms with Gasteiger partial charge in [-0.25, -0.2) is 4.79 Å². The Morgan fingerprint density at radius 3 is 2.12 bits per heavy atom. The Bertz CT molecular complexity index is 1010. The third-order valence-corrected chi connectivity index (χ3v) is 4.49. The summed E-state index contributed by atoms with van der Waals surface area (Å²) in [5.74, 6) is -0.966. The van der Waals surface area contributed by atoms with E-state index in [-0.39, 0.29) is 25.5 Å². The van der Waals surface area contributed by atoms with E-state index < -0.39 is 18.0 Å². The molecular weight excluding hydrogens is 408 g/mol. The summed E-state index contributed by atoms with van der Waals surface area (Å²) in [4.78, 5) is 41.0. The predicted molar refractivity (Wildman–Crippen MR) is 120 cm³/mol. The maximum Gasteiger partial charge on any atom is 0.325 e. The lowest BCUT2D eigenvalue weighted by Gasteiger charge is -2.19. The van der Waals surface area contributed by atoms with E-state index >= 15 is 0 Å². The second-order valence-corrected chi connectivity index (χ2v) is 6.94. The average molecular weight is 432 g/mol. The first-order valence-corrected chi connectivity index (χ1v) is 10.1. The highest BCUT2D eigenvalue weighted by molar-refractivity contribution is 5.97. The fourth-order valence-electron chi connectivity index (χ4n) is 2.87. The zero-order chi connectivity index (χ0) is 22.6. The third-order valence-electron chi connectivity index (χ3n) is 4.49. The highest BCUT2D eigenvalue weighted by atomic mass is 16.5. The molecule has 164 valence electrons. The molecule has 3 amide bonds. The number of carbonyl (C=O) groups is 3. The third kappa shape index (κ3) is 7.56. The van der Waals surface area contributed by atoms with Crippen molar-refractivity contribution in [1.29, 1.82) is 0 Å². The van der Waals surface area contributed by atoms with Crippen molar-refractivity contribution >= 4 is 23.6 Å². The van der Waals surface area contributed by atoms with Crippen LogP contribution in [-0.4, -0.2) is 35.5 Å². The monoisotopic (exact) mass is 432 g/mol. The van der Waals surface area contributed by atoms with Gasteiger partial charge in [0.1, 0.15) is 19.2 Å². The molecule has 2 aromatic carbocycles. The number of benzene rings is 2. The molecule has 0 bridgehead atoms. The second-order valence-electron chi connectivity index (χ2n) is 6.94. The van der Waals surface area contributed by atoms with Crippen molar-refractivity contribution in [3.05, 3.63) is 96.3 Å². The molecule has 0 aliphatic carbocycles. The molecule has 0 aliphatic heterocycles. The number of rotatable bonds is 9. The molecule has 0 saturated carbocycles. The first kappa shape index (κ1) is 22.5. The summed E-state index contributed by atoms with van der Waals surface area (Å²) in [7, 11) is 0. The standard InChI is InChI=1S/C24H24N4O4/c29-22(32-17-19-9-5-2-6-10-19)16-26-24(31)28-21(15-18-7-3-1-4-8-18)23(30)27-20-11-13-25-14-12-20/h1-14,21H,15-17H2,(H,25,27,30)(H2,26,28,31). The molecule has 0 radical (unpaired) electrons. The van der Waals surface area contributed by atoms with Gasteiger partial charge in [0, 0.05) is 24.5 Å². The zero-order valence-corrected chi connectivity index (χ0v) is 17.4. The number of amides is 3. The van der Waals surface area contributed by atoms with E-state index in [4.69, 9.17) is 4.74 Å². The van der Waals surface area contributed by atoms with Crippen LogP contribution in [0.3, 0.4) is 0 Å². The molecule has 0 spiro atoms. The van der Waals surface area contributed by atoms with Crippen LogP contribution in [0, 0.1) is 0 Å². The lowest BCUT2D eigenvalue weighted by Crippen LogP contribution is -2.50. The smallest absolute Gasteiger partial charge is 0.325 e. The maximum atomic E-state index is 12.8. The highest BCUT2D eigenvalue weighted by Crippen LogP contribution is 2.08. The normalized spacial score (nSPS) is 11.1. The minimum absolute atomic E-state index is 0.119. The van der Waals surface area contributed by atoms with Gasteiger partial charge in [-0.2, -0.15) is 0 Å². The summed E-state index contributed by atoms with van der Waals surface area (Å²) in [6.07, 6.45) is 3.40. The molecule has 1 atom stereocenters. The summed E-state index contributed by atoms with van der Waals surface area (Å²) in [5, 5.41) is 7.83. The zero-order valence-electron chi connectivity index (χ0n) is 17.4. The quantitative estimate of drug-likeness (QED) is 0.451.